The Bertz CT molecular complexity index is 339. The molecule has 0 aromatic carbocycles. The largest absolute Gasteiger partial charge is 0.492 e. The van der Waals surface area contributed by atoms with Gasteiger partial charge in [-0.05, 0) is 24.3 Å². The number of hydrogen-bond donors (Lipinski definition) is 1. The van der Waals surface area contributed by atoms with E-state index < -0.39 is 6.10 Å². The lowest BCUT2D eigenvalue weighted by atomic mass is 9.89. The number of aliphatic hydroxyl groups excluding tert-OH is 1. The fourth-order valence-corrected chi connectivity index (χ4v) is 1.56. The van der Waals surface area contributed by atoms with Gasteiger partial charge in [-0.1, -0.05) is 27.7 Å². The summed E-state index contributed by atoms with van der Waals surface area (Å²) in [6.07, 6.45) is 3.89. The lowest BCUT2D eigenvalue weighted by Gasteiger charge is -2.22. The zero-order chi connectivity index (χ0) is 12.8. The van der Waals surface area contributed by atoms with Gasteiger partial charge in [-0.3, -0.25) is 4.98 Å². The van der Waals surface area contributed by atoms with Crippen molar-refractivity contribution >= 4 is 0 Å². The molecule has 1 aromatic heterocycles. The van der Waals surface area contributed by atoms with E-state index in [-0.39, 0.29) is 5.92 Å². The Morgan fingerprint density at radius 2 is 2.00 bits per heavy atom. The van der Waals surface area contributed by atoms with Crippen LogP contribution in [0.4, 0.5) is 0 Å². The molecule has 0 saturated heterocycles. The molecule has 0 fully saturated rings. The number of rotatable bonds is 6. The van der Waals surface area contributed by atoms with Gasteiger partial charge in [0, 0.05) is 11.8 Å². The molecular formula is C14H23NO2. The Balaban J connectivity index is 2.76. The monoisotopic (exact) mass is 237 g/mol. The van der Waals surface area contributed by atoms with Gasteiger partial charge in [-0.15, -0.1) is 0 Å². The second-order valence-electron chi connectivity index (χ2n) is 4.85. The van der Waals surface area contributed by atoms with Crippen LogP contribution in [0, 0.1) is 11.8 Å². The van der Waals surface area contributed by atoms with Gasteiger partial charge in [0.25, 0.3) is 0 Å². The van der Waals surface area contributed by atoms with Crippen LogP contribution in [-0.4, -0.2) is 16.7 Å². The number of hydrogen-bond acceptors (Lipinski definition) is 3. The van der Waals surface area contributed by atoms with Crippen molar-refractivity contribution in [1.82, 2.24) is 4.98 Å². The summed E-state index contributed by atoms with van der Waals surface area (Å²) >= 11 is 0. The van der Waals surface area contributed by atoms with Crippen molar-refractivity contribution in [3.8, 4) is 5.75 Å². The third kappa shape index (κ3) is 4.00. The summed E-state index contributed by atoms with van der Waals surface area (Å²) in [5.41, 5.74) is 0.833. The zero-order valence-corrected chi connectivity index (χ0v) is 11.2. The van der Waals surface area contributed by atoms with Crippen LogP contribution in [0.2, 0.25) is 0 Å². The molecule has 0 spiro atoms. The van der Waals surface area contributed by atoms with Crippen LogP contribution in [0.1, 0.15) is 45.8 Å². The highest BCUT2D eigenvalue weighted by molar-refractivity contribution is 5.25. The fourth-order valence-electron chi connectivity index (χ4n) is 1.56. The molecule has 0 saturated carbocycles. The van der Waals surface area contributed by atoms with Crippen molar-refractivity contribution in [2.75, 3.05) is 6.61 Å². The zero-order valence-electron chi connectivity index (χ0n) is 11.2. The quantitative estimate of drug-likeness (QED) is 0.826. The van der Waals surface area contributed by atoms with Gasteiger partial charge < -0.3 is 9.84 Å². The Labute approximate surface area is 104 Å². The Morgan fingerprint density at radius 3 is 2.59 bits per heavy atom. The maximum atomic E-state index is 10.2. The molecule has 2 unspecified atom stereocenters. The highest BCUT2D eigenvalue weighted by atomic mass is 16.5. The van der Waals surface area contributed by atoms with E-state index in [1.54, 1.807) is 12.4 Å². The molecular weight excluding hydrogens is 214 g/mol. The van der Waals surface area contributed by atoms with Crippen molar-refractivity contribution < 1.29 is 9.84 Å². The average molecular weight is 237 g/mol. The van der Waals surface area contributed by atoms with Crippen molar-refractivity contribution in [3.63, 3.8) is 0 Å². The molecule has 0 radical (unpaired) electrons. The van der Waals surface area contributed by atoms with Crippen LogP contribution < -0.4 is 4.74 Å². The summed E-state index contributed by atoms with van der Waals surface area (Å²) in [5.74, 6) is 1.38. The summed E-state index contributed by atoms with van der Waals surface area (Å²) in [6, 6.07) is 1.88. The molecule has 1 heterocycles. The maximum Gasteiger partial charge on any atom is 0.137 e. The van der Waals surface area contributed by atoms with E-state index in [1.165, 1.54) is 0 Å². The normalized spacial score (nSPS) is 14.7. The second kappa shape index (κ2) is 6.60. The van der Waals surface area contributed by atoms with Gasteiger partial charge >= 0.3 is 0 Å². The number of pyridine rings is 1. The summed E-state index contributed by atoms with van der Waals surface area (Å²) in [5, 5.41) is 10.2. The van der Waals surface area contributed by atoms with Gasteiger partial charge in [-0.2, -0.15) is 0 Å². The minimum atomic E-state index is -0.479. The van der Waals surface area contributed by atoms with Gasteiger partial charge in [0.05, 0.1) is 18.9 Å². The topological polar surface area (TPSA) is 42.4 Å². The summed E-state index contributed by atoms with van der Waals surface area (Å²) in [7, 11) is 0. The SMILES string of the molecule is CCCOc1cncc(C(O)C(C)C(C)C)c1. The van der Waals surface area contributed by atoms with Crippen molar-refractivity contribution in [2.45, 2.75) is 40.2 Å². The van der Waals surface area contributed by atoms with E-state index in [2.05, 4.69) is 32.7 Å². The lowest BCUT2D eigenvalue weighted by molar-refractivity contribution is 0.0915. The summed E-state index contributed by atoms with van der Waals surface area (Å²) < 4.78 is 5.51. The molecule has 0 aliphatic heterocycles. The Hall–Kier alpha value is -1.09. The van der Waals surface area contributed by atoms with E-state index >= 15 is 0 Å². The molecule has 0 amide bonds. The average Bonchev–Trinajstić information content (AvgIpc) is 2.34. The van der Waals surface area contributed by atoms with E-state index in [4.69, 9.17) is 4.74 Å². The fraction of sp³-hybridized carbons (Fsp3) is 0.643. The van der Waals surface area contributed by atoms with E-state index in [1.807, 2.05) is 6.07 Å². The molecule has 17 heavy (non-hydrogen) atoms. The predicted octanol–water partition coefficient (Wildman–Crippen LogP) is 3.20. The standard InChI is InChI=1S/C14H23NO2/c1-5-6-17-13-7-12(8-15-9-13)14(16)11(4)10(2)3/h7-11,14,16H,5-6H2,1-4H3. The molecule has 96 valence electrons. The molecule has 3 heteroatoms. The van der Waals surface area contributed by atoms with Gasteiger partial charge in [-0.25, -0.2) is 0 Å². The van der Waals surface area contributed by atoms with Crippen molar-refractivity contribution in [3.05, 3.63) is 24.0 Å². The molecule has 2 atom stereocenters. The number of aromatic nitrogens is 1. The molecule has 0 aliphatic rings. The van der Waals surface area contributed by atoms with E-state index in [0.717, 1.165) is 17.7 Å². The van der Waals surface area contributed by atoms with Crippen LogP contribution >= 0.6 is 0 Å². The molecule has 1 N–H and O–H groups in total. The first-order chi connectivity index (χ1) is 8.06. The highest BCUT2D eigenvalue weighted by Gasteiger charge is 2.20. The predicted molar refractivity (Wildman–Crippen MR) is 69.0 cm³/mol. The maximum absolute atomic E-state index is 10.2. The Morgan fingerprint density at radius 1 is 1.29 bits per heavy atom. The number of nitrogens with zero attached hydrogens (tertiary/aromatic N) is 1. The molecule has 1 rings (SSSR count). The third-order valence-corrected chi connectivity index (χ3v) is 3.10. The summed E-state index contributed by atoms with van der Waals surface area (Å²) in [6.45, 7) is 9.01. The molecule has 0 aliphatic carbocycles. The van der Waals surface area contributed by atoms with Crippen molar-refractivity contribution in [1.29, 1.82) is 0 Å². The van der Waals surface area contributed by atoms with Crippen LogP contribution in [0.25, 0.3) is 0 Å². The molecule has 3 nitrogen and oxygen atoms in total. The molecule has 1 aromatic rings. The van der Waals surface area contributed by atoms with E-state index in [0.29, 0.717) is 12.5 Å². The van der Waals surface area contributed by atoms with Crippen LogP contribution in [0.3, 0.4) is 0 Å². The first-order valence-corrected chi connectivity index (χ1v) is 6.32. The van der Waals surface area contributed by atoms with Crippen LogP contribution in [0.5, 0.6) is 5.75 Å². The third-order valence-electron chi connectivity index (χ3n) is 3.10. The first kappa shape index (κ1) is 14.0. The first-order valence-electron chi connectivity index (χ1n) is 6.32. The highest BCUT2D eigenvalue weighted by Crippen LogP contribution is 2.28. The van der Waals surface area contributed by atoms with Crippen LogP contribution in [-0.2, 0) is 0 Å². The smallest absolute Gasteiger partial charge is 0.137 e. The lowest BCUT2D eigenvalue weighted by Crippen LogP contribution is -2.15. The second-order valence-corrected chi connectivity index (χ2v) is 4.85. The molecule has 0 bridgehead atoms. The van der Waals surface area contributed by atoms with E-state index in [9.17, 15) is 5.11 Å². The number of ether oxygens (including phenoxy) is 1. The minimum absolute atomic E-state index is 0.207. The van der Waals surface area contributed by atoms with Gasteiger partial charge in [0.1, 0.15) is 5.75 Å². The summed E-state index contributed by atoms with van der Waals surface area (Å²) in [4.78, 5) is 4.12. The Kier molecular flexibility index (Phi) is 5.42. The van der Waals surface area contributed by atoms with Crippen molar-refractivity contribution in [2.24, 2.45) is 11.8 Å². The minimum Gasteiger partial charge on any atom is -0.492 e. The van der Waals surface area contributed by atoms with Crippen LogP contribution in [0.15, 0.2) is 18.5 Å². The van der Waals surface area contributed by atoms with Gasteiger partial charge in [0.15, 0.2) is 0 Å². The van der Waals surface area contributed by atoms with Gasteiger partial charge in [0.2, 0.25) is 0 Å². The number of aliphatic hydroxyl groups is 1.